The summed E-state index contributed by atoms with van der Waals surface area (Å²) in [6.07, 6.45) is -0.190. The maximum atomic E-state index is 11.4. The average molecular weight is 225 g/mol. The summed E-state index contributed by atoms with van der Waals surface area (Å²) in [5.74, 6) is -2.11. The van der Waals surface area contributed by atoms with Crippen LogP contribution >= 0.6 is 0 Å². The van der Waals surface area contributed by atoms with Gasteiger partial charge in [-0.25, -0.2) is 0 Å². The molecule has 0 aliphatic carbocycles. The second kappa shape index (κ2) is 5.01. The largest absolute Gasteiger partial charge is 0.508 e. The lowest BCUT2D eigenvalue weighted by Gasteiger charge is -2.05. The molecule has 0 atom stereocenters. The summed E-state index contributed by atoms with van der Waals surface area (Å²) in [5, 5.41) is 29.0. The Labute approximate surface area is 91.1 Å². The molecular weight excluding hydrogens is 214 g/mol. The van der Waals surface area contributed by atoms with Crippen molar-refractivity contribution in [3.05, 3.63) is 23.8 Å². The van der Waals surface area contributed by atoms with E-state index in [4.69, 9.17) is 10.2 Å². The van der Waals surface area contributed by atoms with E-state index >= 15 is 0 Å². The molecule has 0 fully saturated rings. The summed E-state index contributed by atoms with van der Waals surface area (Å²) in [7, 11) is 0. The molecule has 0 saturated heterocycles. The van der Waals surface area contributed by atoms with Gasteiger partial charge in [0.2, 0.25) is 0 Å². The van der Waals surface area contributed by atoms with Crippen molar-refractivity contribution >= 4 is 11.9 Å². The van der Waals surface area contributed by atoms with Crippen LogP contribution in [0.1, 0.15) is 16.8 Å². The van der Waals surface area contributed by atoms with E-state index < -0.39 is 11.9 Å². The molecule has 0 spiro atoms. The molecule has 1 rings (SSSR count). The number of hydrogen-bond acceptors (Lipinski definition) is 4. The highest BCUT2D eigenvalue weighted by Crippen LogP contribution is 2.22. The molecule has 1 aromatic carbocycles. The van der Waals surface area contributed by atoms with Gasteiger partial charge >= 0.3 is 5.97 Å². The molecule has 0 bridgehead atoms. The molecule has 86 valence electrons. The first-order valence-electron chi connectivity index (χ1n) is 4.52. The monoisotopic (exact) mass is 225 g/mol. The van der Waals surface area contributed by atoms with Crippen LogP contribution in [0.25, 0.3) is 0 Å². The second-order valence-corrected chi connectivity index (χ2v) is 3.10. The van der Waals surface area contributed by atoms with Crippen LogP contribution in [0.3, 0.4) is 0 Å². The third kappa shape index (κ3) is 3.16. The van der Waals surface area contributed by atoms with Crippen molar-refractivity contribution in [2.45, 2.75) is 6.42 Å². The number of carbonyl (C=O) groups excluding carboxylic acids is 1. The van der Waals surface area contributed by atoms with Crippen LogP contribution in [0.5, 0.6) is 11.5 Å². The van der Waals surface area contributed by atoms with Crippen molar-refractivity contribution in [2.24, 2.45) is 0 Å². The topological polar surface area (TPSA) is 107 Å². The van der Waals surface area contributed by atoms with E-state index in [1.807, 2.05) is 0 Å². The number of aromatic hydroxyl groups is 2. The highest BCUT2D eigenvalue weighted by Gasteiger charge is 2.11. The summed E-state index contributed by atoms with van der Waals surface area (Å²) in [4.78, 5) is 21.6. The van der Waals surface area contributed by atoms with Crippen molar-refractivity contribution < 1.29 is 24.9 Å². The van der Waals surface area contributed by atoms with Gasteiger partial charge in [0.05, 0.1) is 12.0 Å². The fourth-order valence-corrected chi connectivity index (χ4v) is 1.09. The van der Waals surface area contributed by atoms with Gasteiger partial charge in [0, 0.05) is 12.6 Å². The lowest BCUT2D eigenvalue weighted by molar-refractivity contribution is -0.136. The Morgan fingerprint density at radius 1 is 1.25 bits per heavy atom. The van der Waals surface area contributed by atoms with Gasteiger partial charge < -0.3 is 20.6 Å². The number of phenolic OH excluding ortho intramolecular Hbond substituents is 2. The predicted molar refractivity (Wildman–Crippen MR) is 54.4 cm³/mol. The molecule has 0 aliphatic heterocycles. The molecule has 1 aromatic rings. The molecular formula is C10H11NO5. The number of amides is 1. The highest BCUT2D eigenvalue weighted by molar-refractivity contribution is 5.97. The number of hydrogen-bond donors (Lipinski definition) is 4. The van der Waals surface area contributed by atoms with Gasteiger partial charge in [-0.1, -0.05) is 0 Å². The zero-order valence-corrected chi connectivity index (χ0v) is 8.30. The molecule has 0 saturated carbocycles. The smallest absolute Gasteiger partial charge is 0.305 e. The van der Waals surface area contributed by atoms with Crippen LogP contribution < -0.4 is 5.32 Å². The lowest BCUT2D eigenvalue weighted by atomic mass is 10.2. The SMILES string of the molecule is O=C(O)CCNC(=O)c1ccc(O)cc1O. The van der Waals surface area contributed by atoms with Crippen LogP contribution in [-0.2, 0) is 4.79 Å². The molecule has 0 radical (unpaired) electrons. The Morgan fingerprint density at radius 2 is 1.94 bits per heavy atom. The maximum Gasteiger partial charge on any atom is 0.305 e. The number of benzene rings is 1. The van der Waals surface area contributed by atoms with Gasteiger partial charge in [-0.3, -0.25) is 9.59 Å². The van der Waals surface area contributed by atoms with Crippen LogP contribution in [0, 0.1) is 0 Å². The number of carbonyl (C=O) groups is 2. The third-order valence-electron chi connectivity index (χ3n) is 1.85. The maximum absolute atomic E-state index is 11.4. The number of carboxylic acid groups (broad SMARTS) is 1. The molecule has 0 unspecified atom stereocenters. The predicted octanol–water partition coefficient (Wildman–Crippen LogP) is 0.302. The summed E-state index contributed by atoms with van der Waals surface area (Å²) in [6, 6.07) is 3.54. The fourth-order valence-electron chi connectivity index (χ4n) is 1.09. The molecule has 0 aromatic heterocycles. The summed E-state index contributed by atoms with van der Waals surface area (Å²) < 4.78 is 0. The number of phenols is 2. The number of aliphatic carboxylic acids is 1. The number of rotatable bonds is 4. The normalized spacial score (nSPS) is 9.75. The van der Waals surface area contributed by atoms with Gasteiger partial charge in [-0.05, 0) is 12.1 Å². The first-order valence-corrected chi connectivity index (χ1v) is 4.52. The third-order valence-corrected chi connectivity index (χ3v) is 1.85. The minimum absolute atomic E-state index is 0.0109. The molecule has 6 heteroatoms. The van der Waals surface area contributed by atoms with Crippen molar-refractivity contribution in [1.82, 2.24) is 5.32 Å². The molecule has 4 N–H and O–H groups in total. The number of nitrogens with one attached hydrogen (secondary N) is 1. The van der Waals surface area contributed by atoms with E-state index in [0.717, 1.165) is 6.07 Å². The summed E-state index contributed by atoms with van der Waals surface area (Å²) >= 11 is 0. The van der Waals surface area contributed by atoms with Crippen molar-refractivity contribution in [1.29, 1.82) is 0 Å². The van der Waals surface area contributed by atoms with Gasteiger partial charge in [0.15, 0.2) is 0 Å². The summed E-state index contributed by atoms with van der Waals surface area (Å²) in [6.45, 7) is -0.0194. The van der Waals surface area contributed by atoms with Crippen molar-refractivity contribution in [3.63, 3.8) is 0 Å². The first-order chi connectivity index (χ1) is 7.50. The van der Waals surface area contributed by atoms with Gasteiger partial charge in [-0.15, -0.1) is 0 Å². The Kier molecular flexibility index (Phi) is 3.71. The van der Waals surface area contributed by atoms with Crippen LogP contribution in [-0.4, -0.2) is 33.7 Å². The molecule has 6 nitrogen and oxygen atoms in total. The average Bonchev–Trinajstić information content (AvgIpc) is 2.16. The van der Waals surface area contributed by atoms with Crippen LogP contribution in [0.15, 0.2) is 18.2 Å². The van der Waals surface area contributed by atoms with E-state index in [9.17, 15) is 14.7 Å². The lowest BCUT2D eigenvalue weighted by Crippen LogP contribution is -2.25. The van der Waals surface area contributed by atoms with E-state index in [-0.39, 0.29) is 30.0 Å². The Morgan fingerprint density at radius 3 is 2.50 bits per heavy atom. The molecule has 0 aliphatic rings. The van der Waals surface area contributed by atoms with Gasteiger partial charge in [0.1, 0.15) is 11.5 Å². The van der Waals surface area contributed by atoms with Gasteiger partial charge in [0.25, 0.3) is 5.91 Å². The Hall–Kier alpha value is -2.24. The zero-order valence-electron chi connectivity index (χ0n) is 8.30. The van der Waals surface area contributed by atoms with E-state index in [1.54, 1.807) is 0 Å². The van der Waals surface area contributed by atoms with Crippen LogP contribution in [0.2, 0.25) is 0 Å². The molecule has 16 heavy (non-hydrogen) atoms. The second-order valence-electron chi connectivity index (χ2n) is 3.10. The minimum Gasteiger partial charge on any atom is -0.508 e. The first kappa shape index (κ1) is 11.8. The van der Waals surface area contributed by atoms with Gasteiger partial charge in [-0.2, -0.15) is 0 Å². The minimum atomic E-state index is -1.02. The Bertz CT molecular complexity index is 416. The zero-order chi connectivity index (χ0) is 12.1. The van der Waals surface area contributed by atoms with Crippen LogP contribution in [0.4, 0.5) is 0 Å². The fraction of sp³-hybridized carbons (Fsp3) is 0.200. The van der Waals surface area contributed by atoms with Crippen molar-refractivity contribution in [2.75, 3.05) is 6.54 Å². The quantitative estimate of drug-likeness (QED) is 0.589. The van der Waals surface area contributed by atoms with E-state index in [1.165, 1.54) is 12.1 Å². The van der Waals surface area contributed by atoms with E-state index in [2.05, 4.69) is 5.32 Å². The molecule has 0 heterocycles. The van der Waals surface area contributed by atoms with Crippen molar-refractivity contribution in [3.8, 4) is 11.5 Å². The highest BCUT2D eigenvalue weighted by atomic mass is 16.4. The standard InChI is InChI=1S/C10H11NO5/c12-6-1-2-7(8(13)5-6)10(16)11-4-3-9(14)15/h1-2,5,12-13H,3-4H2,(H,11,16)(H,14,15). The van der Waals surface area contributed by atoms with E-state index in [0.29, 0.717) is 0 Å². The number of carboxylic acids is 1. The summed E-state index contributed by atoms with van der Waals surface area (Å²) in [5.41, 5.74) is -0.0109. The Balaban J connectivity index is 2.63. The molecule has 1 amide bonds.